The molecule has 4 rings (SSSR count). The monoisotopic (exact) mass is 434 g/mol. The molecule has 0 aromatic heterocycles. The number of hydrogen-bond donors (Lipinski definition) is 0. The van der Waals surface area contributed by atoms with Gasteiger partial charge in [0.2, 0.25) is 0 Å². The summed E-state index contributed by atoms with van der Waals surface area (Å²) in [6, 6.07) is 12.6. The zero-order valence-electron chi connectivity index (χ0n) is 19.6. The SMILES string of the molecule is CCOc1cc2c3cc(OC)c(CC)cc3c3cc(OC)c(OCC)cc3c2cc1OC. The minimum atomic E-state index is 0.558. The van der Waals surface area contributed by atoms with Gasteiger partial charge in [-0.25, -0.2) is 0 Å². The molecular weight excluding hydrogens is 404 g/mol. The van der Waals surface area contributed by atoms with Crippen molar-refractivity contribution in [2.24, 2.45) is 0 Å². The molecule has 0 aliphatic rings. The van der Waals surface area contributed by atoms with Crippen LogP contribution in [0.3, 0.4) is 0 Å². The van der Waals surface area contributed by atoms with Crippen LogP contribution >= 0.6 is 0 Å². The van der Waals surface area contributed by atoms with Crippen LogP contribution in [0.15, 0.2) is 36.4 Å². The summed E-state index contributed by atoms with van der Waals surface area (Å²) < 4.78 is 28.9. The third-order valence-corrected chi connectivity index (χ3v) is 5.88. The van der Waals surface area contributed by atoms with E-state index >= 15 is 0 Å². The molecule has 5 nitrogen and oxygen atoms in total. The van der Waals surface area contributed by atoms with Gasteiger partial charge in [0.1, 0.15) is 5.75 Å². The van der Waals surface area contributed by atoms with Crippen molar-refractivity contribution in [1.82, 2.24) is 0 Å². The average Bonchev–Trinajstić information content (AvgIpc) is 2.83. The molecule has 0 radical (unpaired) electrons. The molecule has 4 aromatic carbocycles. The van der Waals surface area contributed by atoms with Crippen LogP contribution in [0.4, 0.5) is 0 Å². The second kappa shape index (κ2) is 9.03. The van der Waals surface area contributed by atoms with Crippen LogP contribution in [0.25, 0.3) is 32.3 Å². The molecule has 32 heavy (non-hydrogen) atoms. The van der Waals surface area contributed by atoms with Crippen molar-refractivity contribution in [3.05, 3.63) is 42.0 Å². The van der Waals surface area contributed by atoms with Crippen LogP contribution in [-0.4, -0.2) is 34.5 Å². The summed E-state index contributed by atoms with van der Waals surface area (Å²) in [5.74, 6) is 3.74. The van der Waals surface area contributed by atoms with E-state index in [0.29, 0.717) is 24.7 Å². The molecule has 0 unspecified atom stereocenters. The molecule has 0 bridgehead atoms. The van der Waals surface area contributed by atoms with Crippen LogP contribution in [0.1, 0.15) is 26.3 Å². The first kappa shape index (κ1) is 21.9. The zero-order chi connectivity index (χ0) is 22.8. The summed E-state index contributed by atoms with van der Waals surface area (Å²) >= 11 is 0. The van der Waals surface area contributed by atoms with E-state index in [-0.39, 0.29) is 0 Å². The predicted molar refractivity (Wildman–Crippen MR) is 130 cm³/mol. The van der Waals surface area contributed by atoms with Gasteiger partial charge in [-0.15, -0.1) is 0 Å². The Morgan fingerprint density at radius 1 is 0.469 bits per heavy atom. The Hall–Kier alpha value is -3.34. The van der Waals surface area contributed by atoms with Gasteiger partial charge < -0.3 is 23.7 Å². The molecule has 0 saturated heterocycles. The third kappa shape index (κ3) is 3.52. The Kier molecular flexibility index (Phi) is 6.17. The first-order chi connectivity index (χ1) is 15.6. The fourth-order valence-electron chi connectivity index (χ4n) is 4.40. The highest BCUT2D eigenvalue weighted by Crippen LogP contribution is 2.45. The maximum absolute atomic E-state index is 5.90. The van der Waals surface area contributed by atoms with Gasteiger partial charge in [0, 0.05) is 0 Å². The summed E-state index contributed by atoms with van der Waals surface area (Å²) in [6.45, 7) is 7.20. The van der Waals surface area contributed by atoms with Gasteiger partial charge >= 0.3 is 0 Å². The fraction of sp³-hybridized carbons (Fsp3) is 0.333. The standard InChI is InChI=1S/C27H30O5/c1-7-16-10-17-18(11-23(16)28-4)21-14-26(31-8-2)25(30-6)13-20(21)22-15-27(32-9-3)24(29-5)12-19(17)22/h10-15H,7-9H2,1-6H3. The van der Waals surface area contributed by atoms with Crippen molar-refractivity contribution >= 4 is 32.3 Å². The van der Waals surface area contributed by atoms with E-state index in [1.54, 1.807) is 21.3 Å². The van der Waals surface area contributed by atoms with Gasteiger partial charge in [-0.2, -0.15) is 0 Å². The molecule has 0 aliphatic heterocycles. The Morgan fingerprint density at radius 2 is 0.812 bits per heavy atom. The van der Waals surface area contributed by atoms with Gasteiger partial charge in [-0.3, -0.25) is 0 Å². The van der Waals surface area contributed by atoms with Crippen molar-refractivity contribution < 1.29 is 23.7 Å². The van der Waals surface area contributed by atoms with Gasteiger partial charge in [0.25, 0.3) is 0 Å². The van der Waals surface area contributed by atoms with Gasteiger partial charge in [0.05, 0.1) is 34.5 Å². The van der Waals surface area contributed by atoms with E-state index in [1.807, 2.05) is 19.9 Å². The lowest BCUT2D eigenvalue weighted by molar-refractivity contribution is 0.311. The normalized spacial score (nSPS) is 11.2. The van der Waals surface area contributed by atoms with Crippen LogP contribution < -0.4 is 23.7 Å². The number of hydrogen-bond acceptors (Lipinski definition) is 5. The number of methoxy groups -OCH3 is 3. The summed E-state index contributed by atoms with van der Waals surface area (Å²) in [4.78, 5) is 0. The lowest BCUT2D eigenvalue weighted by Gasteiger charge is -2.18. The number of benzene rings is 4. The maximum Gasteiger partial charge on any atom is 0.161 e. The topological polar surface area (TPSA) is 46.2 Å². The average molecular weight is 435 g/mol. The summed E-state index contributed by atoms with van der Waals surface area (Å²) in [5, 5.41) is 6.53. The van der Waals surface area contributed by atoms with E-state index in [9.17, 15) is 0 Å². The van der Waals surface area contributed by atoms with E-state index in [2.05, 4.69) is 37.3 Å². The number of fused-ring (bicyclic) bond motifs is 6. The summed E-state index contributed by atoms with van der Waals surface area (Å²) in [5.41, 5.74) is 1.16. The number of aryl methyl sites for hydroxylation is 1. The second-order valence-electron chi connectivity index (χ2n) is 7.53. The van der Waals surface area contributed by atoms with Gasteiger partial charge in [-0.05, 0) is 94.5 Å². The lowest BCUT2D eigenvalue weighted by atomic mass is 9.91. The molecule has 0 heterocycles. The van der Waals surface area contributed by atoms with Crippen LogP contribution in [-0.2, 0) is 6.42 Å². The second-order valence-corrected chi connectivity index (χ2v) is 7.53. The van der Waals surface area contributed by atoms with Gasteiger partial charge in [0.15, 0.2) is 23.0 Å². The smallest absolute Gasteiger partial charge is 0.161 e. The van der Waals surface area contributed by atoms with E-state index in [0.717, 1.165) is 61.6 Å². The van der Waals surface area contributed by atoms with Crippen molar-refractivity contribution in [2.45, 2.75) is 27.2 Å². The minimum absolute atomic E-state index is 0.558. The van der Waals surface area contributed by atoms with E-state index < -0.39 is 0 Å². The first-order valence-electron chi connectivity index (χ1n) is 11.0. The van der Waals surface area contributed by atoms with E-state index in [1.165, 1.54) is 0 Å². The van der Waals surface area contributed by atoms with Gasteiger partial charge in [-0.1, -0.05) is 6.92 Å². The number of ether oxygens (including phenoxy) is 5. The molecule has 0 spiro atoms. The Labute approximate surface area is 188 Å². The molecule has 168 valence electrons. The molecule has 0 N–H and O–H groups in total. The third-order valence-electron chi connectivity index (χ3n) is 5.88. The molecule has 0 fully saturated rings. The first-order valence-corrected chi connectivity index (χ1v) is 11.0. The van der Waals surface area contributed by atoms with Crippen molar-refractivity contribution in [3.8, 4) is 28.7 Å². The quantitative estimate of drug-likeness (QED) is 0.295. The fourth-order valence-corrected chi connectivity index (χ4v) is 4.40. The zero-order valence-corrected chi connectivity index (χ0v) is 19.6. The van der Waals surface area contributed by atoms with Crippen molar-refractivity contribution in [3.63, 3.8) is 0 Å². The molecular formula is C27H30O5. The highest BCUT2D eigenvalue weighted by Gasteiger charge is 2.18. The predicted octanol–water partition coefficient (Wildman–Crippen LogP) is 6.53. The molecule has 0 amide bonds. The summed E-state index contributed by atoms with van der Waals surface area (Å²) in [6.07, 6.45) is 0.875. The Balaban J connectivity index is 2.25. The molecule has 4 aromatic rings. The Morgan fingerprint density at radius 3 is 1.16 bits per heavy atom. The minimum Gasteiger partial charge on any atom is -0.496 e. The highest BCUT2D eigenvalue weighted by atomic mass is 16.5. The molecule has 0 saturated carbocycles. The van der Waals surface area contributed by atoms with Crippen LogP contribution in [0.5, 0.6) is 28.7 Å². The number of rotatable bonds is 8. The molecule has 0 atom stereocenters. The molecule has 5 heteroatoms. The Bertz CT molecular complexity index is 1250. The summed E-state index contributed by atoms with van der Waals surface area (Å²) in [7, 11) is 5.05. The largest absolute Gasteiger partial charge is 0.496 e. The molecule has 0 aliphatic carbocycles. The van der Waals surface area contributed by atoms with Crippen molar-refractivity contribution in [2.75, 3.05) is 34.5 Å². The van der Waals surface area contributed by atoms with Crippen LogP contribution in [0.2, 0.25) is 0 Å². The lowest BCUT2D eigenvalue weighted by Crippen LogP contribution is -1.98. The highest BCUT2D eigenvalue weighted by molar-refractivity contribution is 6.26. The maximum atomic E-state index is 5.90. The van der Waals surface area contributed by atoms with Crippen LogP contribution in [0, 0.1) is 0 Å². The van der Waals surface area contributed by atoms with Crippen molar-refractivity contribution in [1.29, 1.82) is 0 Å². The van der Waals surface area contributed by atoms with E-state index in [4.69, 9.17) is 23.7 Å².